The second kappa shape index (κ2) is 7.77. The summed E-state index contributed by atoms with van der Waals surface area (Å²) in [5, 5.41) is 0. The highest BCUT2D eigenvalue weighted by molar-refractivity contribution is 4.84. The molecule has 1 aliphatic carbocycles. The first kappa shape index (κ1) is 12.6. The van der Waals surface area contributed by atoms with Gasteiger partial charge in [0.15, 0.2) is 0 Å². The molecule has 0 aromatic carbocycles. The molecule has 0 heterocycles. The quantitative estimate of drug-likeness (QED) is 0.554. The average Bonchev–Trinajstić information content (AvgIpc) is 2.17. The maximum atomic E-state index is 6.24. The van der Waals surface area contributed by atoms with Crippen LogP contribution in [0.4, 0.5) is 0 Å². The predicted molar refractivity (Wildman–Crippen MR) is 66.5 cm³/mol. The largest absolute Gasteiger partial charge is 0.327 e. The molecule has 1 aliphatic rings. The Bertz CT molecular complexity index is 184. The average molecular weight is 207 g/mol. The number of unbranched alkanes of at least 4 members (excludes halogenated alkanes) is 1. The van der Waals surface area contributed by atoms with E-state index in [4.69, 9.17) is 12.2 Å². The Morgan fingerprint density at radius 3 is 2.33 bits per heavy atom. The number of hydrogen-bond acceptors (Lipinski definition) is 1. The summed E-state index contributed by atoms with van der Waals surface area (Å²) in [5.74, 6) is 3.46. The molecule has 0 spiro atoms. The van der Waals surface area contributed by atoms with Gasteiger partial charge in [0.05, 0.1) is 0 Å². The zero-order valence-corrected chi connectivity index (χ0v) is 9.88. The summed E-state index contributed by atoms with van der Waals surface area (Å²) in [7, 11) is 0. The SMILES string of the molecule is C#CCCCC(N)C1CCCCCCC1. The number of terminal acetylenes is 1. The number of nitrogens with two attached hydrogens (primary N) is 1. The Labute approximate surface area is 94.8 Å². The smallest absolute Gasteiger partial charge is 0.00866 e. The van der Waals surface area contributed by atoms with Crippen molar-refractivity contribution in [1.82, 2.24) is 0 Å². The normalized spacial score (nSPS) is 21.3. The summed E-state index contributed by atoms with van der Waals surface area (Å²) < 4.78 is 0. The third-order valence-corrected chi connectivity index (χ3v) is 3.61. The van der Waals surface area contributed by atoms with Gasteiger partial charge in [-0.1, -0.05) is 32.1 Å². The molecule has 0 radical (unpaired) electrons. The molecule has 1 atom stereocenters. The zero-order valence-electron chi connectivity index (χ0n) is 9.88. The Hall–Kier alpha value is -0.480. The van der Waals surface area contributed by atoms with Crippen molar-refractivity contribution < 1.29 is 0 Å². The lowest BCUT2D eigenvalue weighted by atomic mass is 9.84. The molecule has 0 aromatic heterocycles. The van der Waals surface area contributed by atoms with Crippen molar-refractivity contribution in [2.75, 3.05) is 0 Å². The summed E-state index contributed by atoms with van der Waals surface area (Å²) in [4.78, 5) is 0. The minimum atomic E-state index is 0.399. The van der Waals surface area contributed by atoms with Crippen LogP contribution in [0.25, 0.3) is 0 Å². The fraction of sp³-hybridized carbons (Fsp3) is 0.857. The Balaban J connectivity index is 2.22. The van der Waals surface area contributed by atoms with Crippen LogP contribution in [0.1, 0.15) is 64.2 Å². The summed E-state index contributed by atoms with van der Waals surface area (Å²) in [6.45, 7) is 0. The molecule has 0 amide bonds. The van der Waals surface area contributed by atoms with Crippen molar-refractivity contribution in [1.29, 1.82) is 0 Å². The third-order valence-electron chi connectivity index (χ3n) is 3.61. The van der Waals surface area contributed by atoms with E-state index in [2.05, 4.69) is 5.92 Å². The van der Waals surface area contributed by atoms with E-state index in [0.29, 0.717) is 6.04 Å². The topological polar surface area (TPSA) is 26.0 Å². The van der Waals surface area contributed by atoms with Crippen LogP contribution in [-0.4, -0.2) is 6.04 Å². The molecule has 0 bridgehead atoms. The van der Waals surface area contributed by atoms with Crippen molar-refractivity contribution in [3.05, 3.63) is 0 Å². The molecule has 86 valence electrons. The molecular formula is C14H25N. The van der Waals surface area contributed by atoms with Gasteiger partial charge in [-0.25, -0.2) is 0 Å². The molecule has 0 aliphatic heterocycles. The van der Waals surface area contributed by atoms with E-state index >= 15 is 0 Å². The molecule has 1 fully saturated rings. The van der Waals surface area contributed by atoms with E-state index in [1.807, 2.05) is 0 Å². The monoisotopic (exact) mass is 207 g/mol. The van der Waals surface area contributed by atoms with Crippen molar-refractivity contribution in [3.63, 3.8) is 0 Å². The molecule has 0 aromatic rings. The first-order valence-electron chi connectivity index (χ1n) is 6.53. The van der Waals surface area contributed by atoms with Gasteiger partial charge in [-0.3, -0.25) is 0 Å². The van der Waals surface area contributed by atoms with Gasteiger partial charge in [0.2, 0.25) is 0 Å². The van der Waals surface area contributed by atoms with Crippen LogP contribution in [0.2, 0.25) is 0 Å². The Kier molecular flexibility index (Phi) is 6.52. The molecule has 2 N–H and O–H groups in total. The zero-order chi connectivity index (χ0) is 10.9. The van der Waals surface area contributed by atoms with Crippen LogP contribution in [-0.2, 0) is 0 Å². The maximum Gasteiger partial charge on any atom is 0.00866 e. The van der Waals surface area contributed by atoms with Crippen LogP contribution < -0.4 is 5.73 Å². The molecule has 0 saturated heterocycles. The van der Waals surface area contributed by atoms with Crippen molar-refractivity contribution in [3.8, 4) is 12.3 Å². The summed E-state index contributed by atoms with van der Waals surface area (Å²) >= 11 is 0. The van der Waals surface area contributed by atoms with Crippen LogP contribution in [0, 0.1) is 18.3 Å². The first-order chi connectivity index (χ1) is 7.34. The van der Waals surface area contributed by atoms with Gasteiger partial charge < -0.3 is 5.73 Å². The Morgan fingerprint density at radius 2 is 1.73 bits per heavy atom. The highest BCUT2D eigenvalue weighted by atomic mass is 14.6. The number of hydrogen-bond donors (Lipinski definition) is 1. The van der Waals surface area contributed by atoms with Gasteiger partial charge in [0.1, 0.15) is 0 Å². The molecule has 1 rings (SSSR count). The van der Waals surface area contributed by atoms with E-state index in [0.717, 1.165) is 25.2 Å². The van der Waals surface area contributed by atoms with Crippen LogP contribution in [0.15, 0.2) is 0 Å². The van der Waals surface area contributed by atoms with E-state index in [1.165, 1.54) is 44.9 Å². The van der Waals surface area contributed by atoms with E-state index in [1.54, 1.807) is 0 Å². The highest BCUT2D eigenvalue weighted by Crippen LogP contribution is 2.25. The molecule has 1 unspecified atom stereocenters. The Morgan fingerprint density at radius 1 is 1.13 bits per heavy atom. The van der Waals surface area contributed by atoms with Gasteiger partial charge in [-0.15, -0.1) is 12.3 Å². The van der Waals surface area contributed by atoms with Gasteiger partial charge >= 0.3 is 0 Å². The van der Waals surface area contributed by atoms with Crippen molar-refractivity contribution in [2.24, 2.45) is 11.7 Å². The van der Waals surface area contributed by atoms with Gasteiger partial charge in [-0.2, -0.15) is 0 Å². The van der Waals surface area contributed by atoms with Gasteiger partial charge in [0, 0.05) is 12.5 Å². The van der Waals surface area contributed by atoms with E-state index in [-0.39, 0.29) is 0 Å². The lowest BCUT2D eigenvalue weighted by molar-refractivity contribution is 0.310. The summed E-state index contributed by atoms with van der Waals surface area (Å²) in [5.41, 5.74) is 6.24. The van der Waals surface area contributed by atoms with Crippen molar-refractivity contribution in [2.45, 2.75) is 70.3 Å². The van der Waals surface area contributed by atoms with Crippen LogP contribution in [0.3, 0.4) is 0 Å². The van der Waals surface area contributed by atoms with Gasteiger partial charge in [-0.05, 0) is 31.6 Å². The van der Waals surface area contributed by atoms with Gasteiger partial charge in [0.25, 0.3) is 0 Å². The van der Waals surface area contributed by atoms with Crippen LogP contribution >= 0.6 is 0 Å². The molecule has 1 heteroatoms. The fourth-order valence-corrected chi connectivity index (χ4v) is 2.59. The standard InChI is InChI=1S/C14H25N/c1-2-3-7-12-14(15)13-10-8-5-4-6-9-11-13/h1,13-14H,3-12,15H2. The maximum absolute atomic E-state index is 6.24. The fourth-order valence-electron chi connectivity index (χ4n) is 2.59. The predicted octanol–water partition coefficient (Wildman–Crippen LogP) is 3.48. The van der Waals surface area contributed by atoms with Crippen molar-refractivity contribution >= 4 is 0 Å². The molecule has 15 heavy (non-hydrogen) atoms. The lowest BCUT2D eigenvalue weighted by Gasteiger charge is -2.25. The second-order valence-electron chi connectivity index (χ2n) is 4.87. The third kappa shape index (κ3) is 5.23. The van der Waals surface area contributed by atoms with Crippen LogP contribution in [0.5, 0.6) is 0 Å². The summed E-state index contributed by atoms with van der Waals surface area (Å²) in [6, 6.07) is 0.399. The first-order valence-corrected chi connectivity index (χ1v) is 6.53. The minimum Gasteiger partial charge on any atom is -0.327 e. The van der Waals surface area contributed by atoms with E-state index < -0.39 is 0 Å². The van der Waals surface area contributed by atoms with E-state index in [9.17, 15) is 0 Å². The molecule has 1 nitrogen and oxygen atoms in total. The number of rotatable bonds is 4. The minimum absolute atomic E-state index is 0.399. The molecule has 1 saturated carbocycles. The lowest BCUT2D eigenvalue weighted by Crippen LogP contribution is -2.30. The summed E-state index contributed by atoms with van der Waals surface area (Å²) in [6.07, 6.45) is 18.1. The highest BCUT2D eigenvalue weighted by Gasteiger charge is 2.17. The second-order valence-corrected chi connectivity index (χ2v) is 4.87. The molecular weight excluding hydrogens is 182 g/mol.